The number of hydrogen-bond acceptors (Lipinski definition) is 4. The van der Waals surface area contributed by atoms with Crippen molar-refractivity contribution in [3.63, 3.8) is 0 Å². The number of fused-ring (bicyclic) bond motifs is 1. The van der Waals surface area contributed by atoms with Crippen molar-refractivity contribution in [1.82, 2.24) is 5.32 Å². The highest BCUT2D eigenvalue weighted by molar-refractivity contribution is 5.88. The molecule has 1 amide bonds. The molecule has 0 saturated heterocycles. The van der Waals surface area contributed by atoms with Gasteiger partial charge >= 0.3 is 0 Å². The molecule has 3 rings (SSSR count). The maximum Gasteiger partial charge on any atom is 0.244 e. The van der Waals surface area contributed by atoms with E-state index >= 15 is 0 Å². The van der Waals surface area contributed by atoms with Crippen LogP contribution in [0.1, 0.15) is 36.8 Å². The highest BCUT2D eigenvalue weighted by Gasteiger charge is 2.32. The van der Waals surface area contributed by atoms with Crippen LogP contribution in [-0.4, -0.2) is 13.0 Å². The molecule has 1 aromatic heterocycles. The SMILES string of the molecule is COc1ccc2oc(C(C)NC(=O)C(C)(N)c3ccccc3)c(C)c2c1.Cl. The summed E-state index contributed by atoms with van der Waals surface area (Å²) in [5, 5.41) is 3.95. The Labute approximate surface area is 165 Å². The van der Waals surface area contributed by atoms with Crippen LogP contribution in [0, 0.1) is 6.92 Å². The highest BCUT2D eigenvalue weighted by Crippen LogP contribution is 2.32. The quantitative estimate of drug-likeness (QED) is 0.685. The summed E-state index contributed by atoms with van der Waals surface area (Å²) >= 11 is 0. The lowest BCUT2D eigenvalue weighted by molar-refractivity contribution is -0.126. The normalized spacial score (nSPS) is 14.1. The first kappa shape index (κ1) is 20.8. The van der Waals surface area contributed by atoms with Gasteiger partial charge in [-0.25, -0.2) is 0 Å². The second-order valence-electron chi connectivity index (χ2n) is 6.72. The number of ether oxygens (including phenoxy) is 1. The van der Waals surface area contributed by atoms with E-state index in [-0.39, 0.29) is 24.4 Å². The predicted molar refractivity (Wildman–Crippen MR) is 109 cm³/mol. The maximum atomic E-state index is 12.8. The van der Waals surface area contributed by atoms with E-state index in [1.54, 1.807) is 14.0 Å². The third-order valence-corrected chi connectivity index (χ3v) is 4.77. The smallest absolute Gasteiger partial charge is 0.244 e. The number of benzene rings is 2. The van der Waals surface area contributed by atoms with E-state index in [1.165, 1.54) is 0 Å². The van der Waals surface area contributed by atoms with Crippen molar-refractivity contribution in [3.8, 4) is 5.75 Å². The first-order valence-corrected chi connectivity index (χ1v) is 8.57. The molecule has 3 N–H and O–H groups in total. The summed E-state index contributed by atoms with van der Waals surface area (Å²) in [6.07, 6.45) is 0. The zero-order valence-electron chi connectivity index (χ0n) is 15.9. The molecule has 0 bridgehead atoms. The molecule has 1 heterocycles. The third kappa shape index (κ3) is 3.94. The Morgan fingerprint density at radius 2 is 1.89 bits per heavy atom. The molecular weight excluding hydrogens is 364 g/mol. The average Bonchev–Trinajstić information content (AvgIpc) is 2.98. The van der Waals surface area contributed by atoms with E-state index < -0.39 is 5.54 Å². The van der Waals surface area contributed by atoms with Gasteiger partial charge in [-0.3, -0.25) is 4.79 Å². The van der Waals surface area contributed by atoms with Gasteiger partial charge in [-0.1, -0.05) is 30.3 Å². The Kier molecular flexibility index (Phi) is 6.19. The molecule has 0 radical (unpaired) electrons. The molecule has 2 aromatic carbocycles. The van der Waals surface area contributed by atoms with E-state index in [1.807, 2.05) is 62.4 Å². The van der Waals surface area contributed by atoms with E-state index in [0.717, 1.165) is 27.8 Å². The Morgan fingerprint density at radius 1 is 1.22 bits per heavy atom. The van der Waals surface area contributed by atoms with Crippen LogP contribution in [0.4, 0.5) is 0 Å². The first-order chi connectivity index (χ1) is 12.3. The van der Waals surface area contributed by atoms with Crippen LogP contribution in [0.15, 0.2) is 52.9 Å². The highest BCUT2D eigenvalue weighted by atomic mass is 35.5. The zero-order valence-corrected chi connectivity index (χ0v) is 16.7. The lowest BCUT2D eigenvalue weighted by Crippen LogP contribution is -2.49. The van der Waals surface area contributed by atoms with Crippen molar-refractivity contribution in [2.45, 2.75) is 32.4 Å². The summed E-state index contributed by atoms with van der Waals surface area (Å²) in [5.74, 6) is 1.22. The molecule has 2 unspecified atom stereocenters. The van der Waals surface area contributed by atoms with E-state index in [2.05, 4.69) is 5.32 Å². The third-order valence-electron chi connectivity index (χ3n) is 4.77. The van der Waals surface area contributed by atoms with Gasteiger partial charge in [0, 0.05) is 10.9 Å². The minimum Gasteiger partial charge on any atom is -0.497 e. The number of amides is 1. The van der Waals surface area contributed by atoms with Crippen molar-refractivity contribution < 1.29 is 13.9 Å². The largest absolute Gasteiger partial charge is 0.497 e. The summed E-state index contributed by atoms with van der Waals surface area (Å²) in [7, 11) is 1.63. The molecule has 3 aromatic rings. The van der Waals surface area contributed by atoms with Crippen molar-refractivity contribution in [2.75, 3.05) is 7.11 Å². The second-order valence-corrected chi connectivity index (χ2v) is 6.72. The Bertz CT molecular complexity index is 935. The number of aryl methyl sites for hydroxylation is 1. The number of methoxy groups -OCH3 is 1. The van der Waals surface area contributed by atoms with Crippen molar-refractivity contribution in [1.29, 1.82) is 0 Å². The van der Waals surface area contributed by atoms with Gasteiger partial charge in [0.05, 0.1) is 13.2 Å². The van der Waals surface area contributed by atoms with Crippen LogP contribution in [0.5, 0.6) is 5.75 Å². The predicted octanol–water partition coefficient (Wildman–Crippen LogP) is 4.22. The number of carbonyl (C=O) groups is 1. The maximum absolute atomic E-state index is 12.8. The van der Waals surface area contributed by atoms with Gasteiger partial charge in [0.25, 0.3) is 0 Å². The number of furan rings is 1. The van der Waals surface area contributed by atoms with Gasteiger partial charge in [-0.2, -0.15) is 0 Å². The molecule has 6 heteroatoms. The van der Waals surface area contributed by atoms with Crippen LogP contribution >= 0.6 is 12.4 Å². The van der Waals surface area contributed by atoms with Gasteiger partial charge in [0.2, 0.25) is 5.91 Å². The summed E-state index contributed by atoms with van der Waals surface area (Å²) in [4.78, 5) is 12.8. The number of nitrogens with two attached hydrogens (primary N) is 1. The van der Waals surface area contributed by atoms with E-state index in [9.17, 15) is 4.79 Å². The number of nitrogens with one attached hydrogen (secondary N) is 1. The summed E-state index contributed by atoms with van der Waals surface area (Å²) in [5.41, 5.74) is 7.67. The van der Waals surface area contributed by atoms with Gasteiger partial charge in [0.1, 0.15) is 22.6 Å². The summed E-state index contributed by atoms with van der Waals surface area (Å²) in [6, 6.07) is 14.7. The number of rotatable bonds is 5. The number of carbonyl (C=O) groups excluding carboxylic acids is 1. The minimum atomic E-state index is -1.13. The molecule has 27 heavy (non-hydrogen) atoms. The summed E-state index contributed by atoms with van der Waals surface area (Å²) < 4.78 is 11.2. The summed E-state index contributed by atoms with van der Waals surface area (Å²) in [6.45, 7) is 5.57. The van der Waals surface area contributed by atoms with Crippen LogP contribution < -0.4 is 15.8 Å². The molecule has 0 spiro atoms. The standard InChI is InChI=1S/C21H24N2O3.ClH/c1-13-17-12-16(25-4)10-11-18(17)26-19(13)14(2)23-20(24)21(3,22)15-8-6-5-7-9-15;/h5-12,14H,22H2,1-4H3,(H,23,24);1H. The van der Waals surface area contributed by atoms with Crippen molar-refractivity contribution in [3.05, 3.63) is 65.4 Å². The molecule has 5 nitrogen and oxygen atoms in total. The van der Waals surface area contributed by atoms with E-state index in [0.29, 0.717) is 5.76 Å². The van der Waals surface area contributed by atoms with Gasteiger partial charge in [-0.05, 0) is 44.5 Å². The molecule has 0 fully saturated rings. The van der Waals surface area contributed by atoms with Crippen LogP contribution in [0.25, 0.3) is 11.0 Å². The second kappa shape index (κ2) is 8.03. The molecule has 0 aliphatic rings. The Balaban J connectivity index is 0.00000261. The fourth-order valence-electron chi connectivity index (χ4n) is 3.09. The fraction of sp³-hybridized carbons (Fsp3) is 0.286. The number of halogens is 1. The number of hydrogen-bond donors (Lipinski definition) is 2. The first-order valence-electron chi connectivity index (χ1n) is 8.57. The molecule has 0 aliphatic carbocycles. The Hall–Kier alpha value is -2.50. The zero-order chi connectivity index (χ0) is 18.9. The topological polar surface area (TPSA) is 77.5 Å². The lowest BCUT2D eigenvalue weighted by atomic mass is 9.92. The van der Waals surface area contributed by atoms with Gasteiger partial charge < -0.3 is 20.2 Å². The molecule has 0 aliphatic heterocycles. The molecule has 2 atom stereocenters. The monoisotopic (exact) mass is 388 g/mol. The molecule has 144 valence electrons. The van der Waals surface area contributed by atoms with Crippen molar-refractivity contribution >= 4 is 29.3 Å². The molecular formula is C21H25ClN2O3. The lowest BCUT2D eigenvalue weighted by Gasteiger charge is -2.26. The fourth-order valence-corrected chi connectivity index (χ4v) is 3.09. The van der Waals surface area contributed by atoms with Crippen LogP contribution in [0.2, 0.25) is 0 Å². The van der Waals surface area contributed by atoms with Gasteiger partial charge in [0.15, 0.2) is 0 Å². The van der Waals surface area contributed by atoms with E-state index in [4.69, 9.17) is 14.9 Å². The van der Waals surface area contributed by atoms with Crippen molar-refractivity contribution in [2.24, 2.45) is 5.73 Å². The average molecular weight is 389 g/mol. The Morgan fingerprint density at radius 3 is 2.52 bits per heavy atom. The van der Waals surface area contributed by atoms with Crippen LogP contribution in [-0.2, 0) is 10.3 Å². The molecule has 0 saturated carbocycles. The van der Waals surface area contributed by atoms with Gasteiger partial charge in [-0.15, -0.1) is 12.4 Å². The van der Waals surface area contributed by atoms with Crippen LogP contribution in [0.3, 0.4) is 0 Å². The minimum absolute atomic E-state index is 0.